The van der Waals surface area contributed by atoms with Crippen LogP contribution in [0, 0.1) is 5.92 Å². The van der Waals surface area contributed by atoms with Crippen LogP contribution in [0.3, 0.4) is 0 Å². The van der Waals surface area contributed by atoms with E-state index in [0.29, 0.717) is 32.3 Å². The molecule has 10 atom stereocenters. The highest BCUT2D eigenvalue weighted by Crippen LogP contribution is 2.59. The number of allylic oxidation sites excluding steroid dienone is 1. The zero-order chi connectivity index (χ0) is 46.6. The molecule has 63 heavy (non-hydrogen) atoms. The quantitative estimate of drug-likeness (QED) is 0.0160. The van der Waals surface area contributed by atoms with E-state index in [1.807, 2.05) is 20.8 Å². The van der Waals surface area contributed by atoms with E-state index >= 15 is 0 Å². The minimum atomic E-state index is -1.79. The monoisotopic (exact) mass is 895 g/mol. The first-order chi connectivity index (χ1) is 29.7. The second-order valence-electron chi connectivity index (χ2n) is 16.5. The maximum atomic E-state index is 13.3. The minimum Gasteiger partial charge on any atom is -0.481 e. The van der Waals surface area contributed by atoms with Gasteiger partial charge in [0.1, 0.15) is 54.1 Å². The molecule has 0 aromatic rings. The van der Waals surface area contributed by atoms with Gasteiger partial charge >= 0.3 is 18.0 Å². The zero-order valence-corrected chi connectivity index (χ0v) is 35.9. The molecule has 3 unspecified atom stereocenters. The molecule has 352 valence electrons. The van der Waals surface area contributed by atoms with Crippen LogP contribution in [0.1, 0.15) is 72.1 Å². The lowest BCUT2D eigenvalue weighted by molar-refractivity contribution is -0.150. The summed E-state index contributed by atoms with van der Waals surface area (Å²) in [5, 5.41) is 40.1. The summed E-state index contributed by atoms with van der Waals surface area (Å²) in [5.41, 5.74) is 10.9. The number of carbonyl (C=O) groups excluding carboxylic acids is 6. The summed E-state index contributed by atoms with van der Waals surface area (Å²) in [5.74, 6) is -8.04. The number of carboxylic acid groups (broad SMARTS) is 2. The average Bonchev–Trinajstić information content (AvgIpc) is 4.07. The number of epoxide rings is 2. The lowest BCUT2D eigenvalue weighted by Crippen LogP contribution is -2.58. The summed E-state index contributed by atoms with van der Waals surface area (Å²) in [6.07, 6.45) is 1.32. The zero-order valence-electron chi connectivity index (χ0n) is 35.9. The normalized spacial score (nSPS) is 27.1. The van der Waals surface area contributed by atoms with Gasteiger partial charge in [-0.15, -0.1) is 0 Å². The number of rotatable bonds is 23. The molecule has 0 aromatic heterocycles. The van der Waals surface area contributed by atoms with Crippen molar-refractivity contribution < 1.29 is 72.6 Å². The van der Waals surface area contributed by atoms with Crippen molar-refractivity contribution in [1.29, 1.82) is 0 Å². The van der Waals surface area contributed by atoms with E-state index < -0.39 is 121 Å². The summed E-state index contributed by atoms with van der Waals surface area (Å²) >= 11 is 0. The number of hydrogen-bond donors (Lipinski definition) is 10. The van der Waals surface area contributed by atoms with E-state index in [2.05, 4.69) is 37.7 Å². The first-order valence-corrected chi connectivity index (χ1v) is 20.8. The second kappa shape index (κ2) is 22.2. The molecule has 24 nitrogen and oxygen atoms in total. The maximum Gasteiger partial charge on any atom is 0.407 e. The Morgan fingerprint density at radius 3 is 2.21 bits per heavy atom. The van der Waals surface area contributed by atoms with Gasteiger partial charge in [0, 0.05) is 20.2 Å². The molecule has 3 aliphatic heterocycles. The van der Waals surface area contributed by atoms with Gasteiger partial charge in [0.15, 0.2) is 5.96 Å². The Balaban J connectivity index is 1.31. The number of amides is 6. The third kappa shape index (κ3) is 13.7. The number of carboxylic acids is 2. The number of guanidine groups is 1. The van der Waals surface area contributed by atoms with Crippen LogP contribution >= 0.6 is 0 Å². The van der Waals surface area contributed by atoms with Gasteiger partial charge in [-0.05, 0) is 65.7 Å². The van der Waals surface area contributed by atoms with Crippen LogP contribution < -0.4 is 38.1 Å². The van der Waals surface area contributed by atoms with Crippen molar-refractivity contribution in [2.45, 2.75) is 126 Å². The molecule has 1 aliphatic carbocycles. The highest BCUT2D eigenvalue weighted by atomic mass is 16.6. The van der Waals surface area contributed by atoms with Gasteiger partial charge in [0.25, 0.3) is 0 Å². The van der Waals surface area contributed by atoms with Crippen molar-refractivity contribution in [3.63, 3.8) is 0 Å². The molecule has 0 aromatic carbocycles. The van der Waals surface area contributed by atoms with E-state index in [0.717, 1.165) is 10.5 Å². The molecule has 1 saturated carbocycles. The van der Waals surface area contributed by atoms with Crippen molar-refractivity contribution in [3.8, 4) is 0 Å². The molecule has 6 amide bonds. The second-order valence-corrected chi connectivity index (χ2v) is 16.5. The predicted molar refractivity (Wildman–Crippen MR) is 218 cm³/mol. The molecule has 4 aliphatic rings. The lowest BCUT2D eigenvalue weighted by Gasteiger charge is -2.42. The summed E-state index contributed by atoms with van der Waals surface area (Å²) in [4.78, 5) is 106. The topological polar surface area (TPSA) is 369 Å². The molecule has 4 rings (SSSR count). The number of aliphatic imine (C=N–C) groups is 1. The molecule has 4 fully saturated rings. The molecule has 24 heteroatoms. The number of nitrogens with two attached hydrogens (primary N) is 2. The van der Waals surface area contributed by atoms with E-state index in [1.165, 1.54) is 7.11 Å². The molecule has 0 radical (unpaired) electrons. The number of hydrogen-bond acceptors (Lipinski definition) is 14. The highest BCUT2D eigenvalue weighted by molar-refractivity contribution is 5.96. The number of aliphatic hydroxyl groups is 1. The number of alkyl carbamates (subject to hydrolysis) is 1. The number of ether oxygens (including phenoxy) is 4. The van der Waals surface area contributed by atoms with Gasteiger partial charge in [-0.3, -0.25) is 33.8 Å². The smallest absolute Gasteiger partial charge is 0.407 e. The van der Waals surface area contributed by atoms with Crippen molar-refractivity contribution in [1.82, 2.24) is 31.5 Å². The fourth-order valence-corrected chi connectivity index (χ4v) is 8.28. The predicted octanol–water partition coefficient (Wildman–Crippen LogP) is -3.04. The first kappa shape index (κ1) is 50.1. The minimum absolute atomic E-state index is 0.0426. The summed E-state index contributed by atoms with van der Waals surface area (Å²) in [6, 6.07) is -5.91. The van der Waals surface area contributed by atoms with E-state index in [-0.39, 0.29) is 50.3 Å². The number of nitrogens with one attached hydrogen (secondary N) is 5. The van der Waals surface area contributed by atoms with Gasteiger partial charge in [-0.1, -0.05) is 11.6 Å². The molecular formula is C39H61N9O15. The fraction of sp³-hybridized carbons (Fsp3) is 0.718. The van der Waals surface area contributed by atoms with Crippen LogP contribution in [0.15, 0.2) is 16.6 Å². The summed E-state index contributed by atoms with van der Waals surface area (Å²) < 4.78 is 23.8. The number of likely N-dealkylation sites (tertiary alicyclic amines) is 1. The van der Waals surface area contributed by atoms with Crippen LogP contribution in [-0.4, -0.2) is 174 Å². The third-order valence-electron chi connectivity index (χ3n) is 11.6. The van der Waals surface area contributed by atoms with Crippen LogP contribution in [-0.2, 0) is 52.5 Å². The lowest BCUT2D eigenvalue weighted by atomic mass is 9.68. The third-order valence-corrected chi connectivity index (χ3v) is 11.6. The molecule has 0 bridgehead atoms. The Labute approximate surface area is 363 Å². The fourth-order valence-electron chi connectivity index (χ4n) is 8.28. The molecular weight excluding hydrogens is 834 g/mol. The number of nitrogens with zero attached hydrogens (tertiary/aromatic N) is 2. The Kier molecular flexibility index (Phi) is 17.6. The highest BCUT2D eigenvalue weighted by Gasteiger charge is 2.72. The van der Waals surface area contributed by atoms with E-state index in [9.17, 15) is 53.7 Å². The number of methoxy groups -OCH3 is 1. The van der Waals surface area contributed by atoms with Crippen molar-refractivity contribution in [3.05, 3.63) is 11.6 Å². The van der Waals surface area contributed by atoms with Gasteiger partial charge in [0.2, 0.25) is 29.5 Å². The van der Waals surface area contributed by atoms with Crippen LogP contribution in [0.4, 0.5) is 4.79 Å². The molecule has 3 heterocycles. The standard InChI is InChI=1S/C39H61N9O15/c1-20(2)9-10-26-38(3,63-26)31-30(60-4)25(11-12-39(31)19-61-39)62-37(59)44-17-28(51)45-21(7-5-13-42-36(40)41)32(54)43-16-27(50)46-22(15-29(52)53)33(55)47-23(18-49)34(56)48-14-6-8-24(48)35(57)58/h9,21-26,30-31,49H,5-8,10-19H2,1-4H3,(H,43,54)(H,44,59)(H,45,51)(H,46,50)(H,47,55)(H,52,53)(H,57,58)(H4,40,41,42)/t21-,22-,23-,24-,25+,26?,30+,31+,38?,39?/m0/s1. The summed E-state index contributed by atoms with van der Waals surface area (Å²) in [6.45, 7) is 4.31. The Bertz CT molecular complexity index is 1780. The van der Waals surface area contributed by atoms with Gasteiger partial charge in [-0.25, -0.2) is 9.59 Å². The Hall–Kier alpha value is -5.59. The molecule has 12 N–H and O–H groups in total. The number of aliphatic hydroxyl groups excluding tert-OH is 1. The van der Waals surface area contributed by atoms with E-state index in [4.69, 9.17) is 30.4 Å². The Morgan fingerprint density at radius 2 is 1.62 bits per heavy atom. The molecule has 1 spiro atoms. The van der Waals surface area contributed by atoms with E-state index in [1.54, 1.807) is 0 Å². The largest absolute Gasteiger partial charge is 0.481 e. The first-order valence-electron chi connectivity index (χ1n) is 20.8. The SMILES string of the molecule is CO[C@@H]1[C@H](OC(=O)NCC(=O)N[C@@H](CCCN=C(N)N)C(=O)NCC(=O)N[C@@H](CC(=O)O)C(=O)N[C@@H](CO)C(=O)N2CCC[C@H]2C(=O)O)CCC2(CO2)[C@H]1C1(C)OC1CC=C(C)C. The number of aliphatic carboxylic acids is 2. The maximum absolute atomic E-state index is 13.3. The Morgan fingerprint density at radius 1 is 0.952 bits per heavy atom. The van der Waals surface area contributed by atoms with Gasteiger partial charge in [0.05, 0.1) is 38.2 Å². The van der Waals surface area contributed by atoms with Crippen LogP contribution in [0.2, 0.25) is 0 Å². The summed E-state index contributed by atoms with van der Waals surface area (Å²) in [7, 11) is 1.53. The molecule has 3 saturated heterocycles. The van der Waals surface area contributed by atoms with Crippen molar-refractivity contribution >= 4 is 53.5 Å². The number of carbonyl (C=O) groups is 8. The van der Waals surface area contributed by atoms with Crippen LogP contribution in [0.5, 0.6) is 0 Å². The van der Waals surface area contributed by atoms with Crippen molar-refractivity contribution in [2.24, 2.45) is 22.4 Å². The van der Waals surface area contributed by atoms with Gasteiger partial charge < -0.3 is 77.2 Å². The van der Waals surface area contributed by atoms with Crippen LogP contribution in [0.25, 0.3) is 0 Å². The van der Waals surface area contributed by atoms with Crippen molar-refractivity contribution in [2.75, 3.05) is 46.5 Å². The van der Waals surface area contributed by atoms with Gasteiger partial charge in [-0.2, -0.15) is 0 Å². The average molecular weight is 896 g/mol.